The smallest absolute Gasteiger partial charge is 0.119 e. The third kappa shape index (κ3) is 5.92. The fourth-order valence-corrected chi connectivity index (χ4v) is 4.24. The Morgan fingerprint density at radius 3 is 2.52 bits per heavy atom. The van der Waals surface area contributed by atoms with Crippen molar-refractivity contribution in [3.05, 3.63) is 29.8 Å². The van der Waals surface area contributed by atoms with Crippen LogP contribution >= 0.6 is 0 Å². The van der Waals surface area contributed by atoms with E-state index in [-0.39, 0.29) is 5.54 Å². The van der Waals surface area contributed by atoms with Crippen LogP contribution in [-0.4, -0.2) is 83.9 Å². The Morgan fingerprint density at radius 2 is 1.85 bits per heavy atom. The second kappa shape index (κ2) is 9.37. The quantitative estimate of drug-likeness (QED) is 0.756. The van der Waals surface area contributed by atoms with Crippen molar-refractivity contribution in [2.45, 2.75) is 51.8 Å². The Hall–Kier alpha value is -1.14. The Labute approximate surface area is 164 Å². The van der Waals surface area contributed by atoms with Crippen molar-refractivity contribution in [3.8, 4) is 5.75 Å². The van der Waals surface area contributed by atoms with Crippen LogP contribution in [0.2, 0.25) is 0 Å². The Balaban J connectivity index is 1.44. The van der Waals surface area contributed by atoms with E-state index in [0.29, 0.717) is 13.2 Å². The van der Waals surface area contributed by atoms with E-state index in [1.807, 2.05) is 6.07 Å². The van der Waals surface area contributed by atoms with Crippen molar-refractivity contribution < 1.29 is 9.84 Å². The molecule has 2 heterocycles. The molecular formula is C22H37N3O2. The maximum atomic E-state index is 10.4. The molecule has 1 atom stereocenters. The van der Waals surface area contributed by atoms with Gasteiger partial charge in [-0.2, -0.15) is 0 Å². The Bertz CT molecular complexity index is 585. The van der Waals surface area contributed by atoms with Gasteiger partial charge in [-0.05, 0) is 57.5 Å². The third-order valence-electron chi connectivity index (χ3n) is 6.17. The van der Waals surface area contributed by atoms with Crippen LogP contribution in [0.25, 0.3) is 0 Å². The molecule has 0 aromatic heterocycles. The minimum Gasteiger partial charge on any atom is -0.491 e. The highest BCUT2D eigenvalue weighted by Crippen LogP contribution is 2.30. The summed E-state index contributed by atoms with van der Waals surface area (Å²) in [5.74, 6) is 0.861. The number of rotatable bonds is 8. The molecule has 0 spiro atoms. The number of hydrogen-bond donors (Lipinski definition) is 1. The Morgan fingerprint density at radius 1 is 1.11 bits per heavy atom. The summed E-state index contributed by atoms with van der Waals surface area (Å²) in [7, 11) is 0. The minimum atomic E-state index is -0.445. The predicted octanol–water partition coefficient (Wildman–Crippen LogP) is 2.44. The molecule has 0 unspecified atom stereocenters. The van der Waals surface area contributed by atoms with Crippen LogP contribution in [0.5, 0.6) is 5.75 Å². The molecule has 3 rings (SSSR count). The third-order valence-corrected chi connectivity index (χ3v) is 6.17. The van der Waals surface area contributed by atoms with Crippen LogP contribution in [-0.2, 0) is 6.54 Å². The molecule has 2 fully saturated rings. The van der Waals surface area contributed by atoms with Crippen molar-refractivity contribution in [1.82, 2.24) is 14.7 Å². The van der Waals surface area contributed by atoms with E-state index >= 15 is 0 Å². The van der Waals surface area contributed by atoms with Crippen LogP contribution in [0.4, 0.5) is 0 Å². The lowest BCUT2D eigenvalue weighted by molar-refractivity contribution is 0.0470. The molecule has 27 heavy (non-hydrogen) atoms. The van der Waals surface area contributed by atoms with Crippen LogP contribution < -0.4 is 4.74 Å². The van der Waals surface area contributed by atoms with Crippen LogP contribution in [0.3, 0.4) is 0 Å². The number of benzene rings is 1. The number of β-amino-alcohol motifs (C(OH)–C–C–N with tert-alkyl or cyclic N) is 1. The first-order chi connectivity index (χ1) is 13.0. The first-order valence-electron chi connectivity index (χ1n) is 10.6. The minimum absolute atomic E-state index is 0.287. The fourth-order valence-electron chi connectivity index (χ4n) is 4.24. The van der Waals surface area contributed by atoms with Crippen LogP contribution in [0, 0.1) is 0 Å². The second-order valence-corrected chi connectivity index (χ2v) is 8.68. The molecule has 5 heteroatoms. The number of aliphatic hydroxyl groups is 1. The maximum absolute atomic E-state index is 10.4. The standard InChI is InChI=1S/C22H37N3O2/c1-4-23-11-13-24(14-12-23)17-20(26)18-27-21-8-5-7-19(15-21)16-25-10-6-9-22(25,2)3/h5,7-8,15,20,26H,4,6,9-14,16-18H2,1-3H3/t20-/m0/s1. The zero-order chi connectivity index (χ0) is 19.3. The topological polar surface area (TPSA) is 39.2 Å². The molecule has 2 aliphatic heterocycles. The summed E-state index contributed by atoms with van der Waals surface area (Å²) in [4.78, 5) is 7.34. The van der Waals surface area contributed by atoms with Crippen molar-refractivity contribution in [1.29, 1.82) is 0 Å². The number of piperazine rings is 1. The fraction of sp³-hybridized carbons (Fsp3) is 0.727. The van der Waals surface area contributed by atoms with Gasteiger partial charge in [-0.15, -0.1) is 0 Å². The monoisotopic (exact) mass is 375 g/mol. The van der Waals surface area contributed by atoms with Gasteiger partial charge in [0.25, 0.3) is 0 Å². The number of aliphatic hydroxyl groups excluding tert-OH is 1. The van der Waals surface area contributed by atoms with E-state index in [1.165, 1.54) is 24.9 Å². The lowest BCUT2D eigenvalue weighted by atomic mass is 10.0. The van der Waals surface area contributed by atoms with Gasteiger partial charge in [0.2, 0.25) is 0 Å². The second-order valence-electron chi connectivity index (χ2n) is 8.68. The van der Waals surface area contributed by atoms with Gasteiger partial charge in [0, 0.05) is 44.8 Å². The van der Waals surface area contributed by atoms with Gasteiger partial charge in [0.15, 0.2) is 0 Å². The summed E-state index contributed by atoms with van der Waals surface area (Å²) in [5, 5.41) is 10.4. The van der Waals surface area contributed by atoms with Crippen molar-refractivity contribution >= 4 is 0 Å². The lowest BCUT2D eigenvalue weighted by Crippen LogP contribution is -2.49. The summed E-state index contributed by atoms with van der Waals surface area (Å²) in [6.45, 7) is 15.4. The van der Waals surface area contributed by atoms with E-state index in [0.717, 1.165) is 45.0 Å². The first-order valence-corrected chi connectivity index (χ1v) is 10.6. The van der Waals surface area contributed by atoms with E-state index in [4.69, 9.17) is 4.74 Å². The van der Waals surface area contributed by atoms with Gasteiger partial charge in [-0.25, -0.2) is 0 Å². The molecule has 2 saturated heterocycles. The average molecular weight is 376 g/mol. The molecule has 5 nitrogen and oxygen atoms in total. The zero-order valence-corrected chi connectivity index (χ0v) is 17.4. The van der Waals surface area contributed by atoms with Gasteiger partial charge in [-0.1, -0.05) is 19.1 Å². The summed E-state index contributed by atoms with van der Waals surface area (Å²) in [6, 6.07) is 8.35. The van der Waals surface area contributed by atoms with Gasteiger partial charge < -0.3 is 14.7 Å². The number of ether oxygens (including phenoxy) is 1. The highest BCUT2D eigenvalue weighted by atomic mass is 16.5. The SMILES string of the molecule is CCN1CCN(C[C@H](O)COc2cccc(CN3CCCC3(C)C)c2)CC1. The zero-order valence-electron chi connectivity index (χ0n) is 17.4. The molecule has 0 saturated carbocycles. The predicted molar refractivity (Wildman–Crippen MR) is 110 cm³/mol. The number of likely N-dealkylation sites (N-methyl/N-ethyl adjacent to an activating group) is 1. The van der Waals surface area contributed by atoms with Crippen molar-refractivity contribution in [2.75, 3.05) is 52.4 Å². The number of likely N-dealkylation sites (tertiary alicyclic amines) is 1. The number of nitrogens with zero attached hydrogens (tertiary/aromatic N) is 3. The normalized spacial score (nSPS) is 22.8. The highest BCUT2D eigenvalue weighted by molar-refractivity contribution is 5.28. The largest absolute Gasteiger partial charge is 0.491 e. The molecule has 0 aliphatic carbocycles. The average Bonchev–Trinajstić information content (AvgIpc) is 2.99. The number of hydrogen-bond acceptors (Lipinski definition) is 5. The van der Waals surface area contributed by atoms with Crippen LogP contribution in [0.15, 0.2) is 24.3 Å². The molecule has 0 radical (unpaired) electrons. The molecule has 1 N–H and O–H groups in total. The van der Waals surface area contributed by atoms with Crippen molar-refractivity contribution in [2.24, 2.45) is 0 Å². The molecule has 2 aliphatic rings. The molecule has 0 amide bonds. The van der Waals surface area contributed by atoms with E-state index in [2.05, 4.69) is 53.7 Å². The summed E-state index contributed by atoms with van der Waals surface area (Å²) in [6.07, 6.45) is 2.10. The van der Waals surface area contributed by atoms with Crippen molar-refractivity contribution in [3.63, 3.8) is 0 Å². The van der Waals surface area contributed by atoms with E-state index in [1.54, 1.807) is 0 Å². The summed E-state index contributed by atoms with van der Waals surface area (Å²) < 4.78 is 5.90. The van der Waals surface area contributed by atoms with Crippen LogP contribution in [0.1, 0.15) is 39.2 Å². The van der Waals surface area contributed by atoms with Gasteiger partial charge in [0.1, 0.15) is 18.5 Å². The molecular weight excluding hydrogens is 338 g/mol. The molecule has 1 aromatic carbocycles. The van der Waals surface area contributed by atoms with Gasteiger partial charge >= 0.3 is 0 Å². The van der Waals surface area contributed by atoms with Gasteiger partial charge in [0.05, 0.1) is 0 Å². The molecule has 1 aromatic rings. The maximum Gasteiger partial charge on any atom is 0.119 e. The van der Waals surface area contributed by atoms with Gasteiger partial charge in [-0.3, -0.25) is 9.80 Å². The lowest BCUT2D eigenvalue weighted by Gasteiger charge is -2.34. The van der Waals surface area contributed by atoms with E-state index < -0.39 is 6.10 Å². The highest BCUT2D eigenvalue weighted by Gasteiger charge is 2.31. The summed E-state index contributed by atoms with van der Waals surface area (Å²) in [5.41, 5.74) is 1.57. The molecule has 0 bridgehead atoms. The first kappa shape index (κ1) is 20.6. The Kier molecular flexibility index (Phi) is 7.15. The van der Waals surface area contributed by atoms with E-state index in [9.17, 15) is 5.11 Å². The molecule has 152 valence electrons. The summed E-state index contributed by atoms with van der Waals surface area (Å²) >= 11 is 0.